The Kier molecular flexibility index (Phi) is 25.5. The molecule has 2 fully saturated rings. The molecule has 10 heteroatoms. The quantitative estimate of drug-likeness (QED) is 0.118. The molecular weight excluding hydrogens is 654 g/mol. The summed E-state index contributed by atoms with van der Waals surface area (Å²) in [6.07, 6.45) is 5.66. The summed E-state index contributed by atoms with van der Waals surface area (Å²) in [5, 5.41) is 0. The van der Waals surface area contributed by atoms with Gasteiger partial charge in [-0.05, 0) is 22.7 Å². The number of alkyl halides is 2. The maximum atomic E-state index is 11.7. The van der Waals surface area contributed by atoms with Crippen LogP contribution in [0.3, 0.4) is 0 Å². The van der Waals surface area contributed by atoms with Crippen LogP contribution in [0.4, 0.5) is 0 Å². The molecule has 196 valence electrons. The first-order valence-electron chi connectivity index (χ1n) is 11.9. The van der Waals surface area contributed by atoms with Crippen LogP contribution in [-0.2, 0) is 28.5 Å². The predicted molar refractivity (Wildman–Crippen MR) is 149 cm³/mol. The summed E-state index contributed by atoms with van der Waals surface area (Å²) in [5.74, 6) is -0.218. The lowest BCUT2D eigenvalue weighted by atomic mass is 10.1. The predicted octanol–water partition coefficient (Wildman–Crippen LogP) is 3.57. The number of morpholine rings is 2. The topological polar surface area (TPSA) is 77.5 Å². The van der Waals surface area contributed by atoms with E-state index >= 15 is 0 Å². The average Bonchev–Trinajstić information content (AvgIpc) is 2.87. The summed E-state index contributed by atoms with van der Waals surface area (Å²) in [5.41, 5.74) is 0. The van der Waals surface area contributed by atoms with Crippen LogP contribution in [0.1, 0.15) is 44.9 Å². The molecule has 0 unspecified atom stereocenters. The van der Waals surface area contributed by atoms with Crippen molar-refractivity contribution in [2.45, 2.75) is 44.9 Å². The van der Waals surface area contributed by atoms with Crippen molar-refractivity contribution in [2.75, 3.05) is 88.8 Å². The number of carbonyl (C=O) groups is 2. The zero-order valence-electron chi connectivity index (χ0n) is 20.5. The van der Waals surface area contributed by atoms with Crippen LogP contribution in [0.25, 0.3) is 0 Å². The van der Waals surface area contributed by atoms with Crippen LogP contribution in [-0.4, -0.2) is 111 Å². The number of halogens is 2. The van der Waals surface area contributed by atoms with Gasteiger partial charge in [-0.1, -0.05) is 64.4 Å². The van der Waals surface area contributed by atoms with Crippen molar-refractivity contribution < 1.29 is 28.5 Å². The number of hydrogen-bond acceptors (Lipinski definition) is 8. The van der Waals surface area contributed by atoms with E-state index < -0.39 is 0 Å². The molecule has 0 bridgehead atoms. The molecule has 0 aromatic heterocycles. The third-order valence-corrected chi connectivity index (χ3v) is 5.31. The molecule has 2 saturated heterocycles. The van der Waals surface area contributed by atoms with Crippen molar-refractivity contribution in [2.24, 2.45) is 0 Å². The van der Waals surface area contributed by atoms with E-state index in [0.29, 0.717) is 26.1 Å². The number of unbranched alkanes of at least 4 members (excludes halogenated alkanes) is 4. The van der Waals surface area contributed by atoms with Crippen LogP contribution in [0.5, 0.6) is 0 Å². The molecule has 0 aliphatic carbocycles. The lowest BCUT2D eigenvalue weighted by molar-refractivity contribution is -0.145. The molecule has 2 aliphatic rings. The Labute approximate surface area is 228 Å². The fraction of sp³-hybridized carbons (Fsp3) is 0.913. The molecule has 0 radical (unpaired) electrons. The minimum Gasteiger partial charge on any atom is -0.464 e. The first-order chi connectivity index (χ1) is 16.2. The summed E-state index contributed by atoms with van der Waals surface area (Å²) in [7, 11) is 0. The van der Waals surface area contributed by atoms with E-state index in [0.717, 1.165) is 97.8 Å². The third-order valence-electron chi connectivity index (χ3n) is 5.31. The second kappa shape index (κ2) is 25.3. The van der Waals surface area contributed by atoms with Crippen molar-refractivity contribution in [3.05, 3.63) is 0 Å². The van der Waals surface area contributed by atoms with Crippen LogP contribution >= 0.6 is 45.2 Å². The van der Waals surface area contributed by atoms with Crippen molar-refractivity contribution >= 4 is 57.1 Å². The molecule has 2 heterocycles. The second-order valence-corrected chi connectivity index (χ2v) is 7.62. The van der Waals surface area contributed by atoms with E-state index in [1.54, 1.807) is 0 Å². The standard InChI is InChI=1S/C21H38N2O6.2CH3I/c24-20(28-18-12-22-8-14-26-15-9-22)6-4-2-1-3-5-7-21(25)29-19-13-23-10-16-27-17-11-23;2*1-2/h1-19H2;2*1H3. The number of hydrogen-bond donors (Lipinski definition) is 0. The first-order valence-corrected chi connectivity index (χ1v) is 16.2. The van der Waals surface area contributed by atoms with E-state index in [1.807, 2.05) is 9.86 Å². The van der Waals surface area contributed by atoms with Gasteiger partial charge in [0.2, 0.25) is 0 Å². The van der Waals surface area contributed by atoms with Gasteiger partial charge in [0.15, 0.2) is 0 Å². The molecule has 0 aromatic carbocycles. The van der Waals surface area contributed by atoms with E-state index in [4.69, 9.17) is 18.9 Å². The van der Waals surface area contributed by atoms with Gasteiger partial charge in [-0.3, -0.25) is 19.4 Å². The summed E-state index contributed by atoms with van der Waals surface area (Å²) < 4.78 is 21.2. The molecule has 2 aliphatic heterocycles. The summed E-state index contributed by atoms with van der Waals surface area (Å²) in [6.45, 7) is 9.23. The van der Waals surface area contributed by atoms with Crippen molar-refractivity contribution in [3.8, 4) is 0 Å². The van der Waals surface area contributed by atoms with E-state index in [1.165, 1.54) is 0 Å². The van der Waals surface area contributed by atoms with Gasteiger partial charge in [0.1, 0.15) is 13.2 Å². The monoisotopic (exact) mass is 698 g/mol. The molecule has 8 nitrogen and oxygen atoms in total. The third kappa shape index (κ3) is 20.2. The summed E-state index contributed by atoms with van der Waals surface area (Å²) in [6, 6.07) is 0. The van der Waals surface area contributed by atoms with Gasteiger partial charge in [0, 0.05) is 52.1 Å². The average molecular weight is 698 g/mol. The molecule has 0 amide bonds. The highest BCUT2D eigenvalue weighted by Crippen LogP contribution is 2.09. The summed E-state index contributed by atoms with van der Waals surface area (Å²) >= 11 is 4.30. The second-order valence-electron chi connectivity index (χ2n) is 7.62. The smallest absolute Gasteiger partial charge is 0.305 e. The zero-order valence-corrected chi connectivity index (χ0v) is 24.8. The Morgan fingerprint density at radius 1 is 0.636 bits per heavy atom. The van der Waals surface area contributed by atoms with Crippen LogP contribution in [0, 0.1) is 0 Å². The minimum absolute atomic E-state index is 0.109. The van der Waals surface area contributed by atoms with E-state index in [9.17, 15) is 9.59 Å². The number of carbonyl (C=O) groups excluding carboxylic acids is 2. The molecule has 33 heavy (non-hydrogen) atoms. The van der Waals surface area contributed by atoms with Crippen LogP contribution < -0.4 is 0 Å². The number of nitrogens with zero attached hydrogens (tertiary/aromatic N) is 2. The number of ether oxygens (including phenoxy) is 4. The normalized spacial score (nSPS) is 16.6. The minimum atomic E-state index is -0.109. The molecule has 0 N–H and O–H groups in total. The van der Waals surface area contributed by atoms with Gasteiger partial charge in [-0.2, -0.15) is 0 Å². The van der Waals surface area contributed by atoms with Gasteiger partial charge in [0.05, 0.1) is 26.4 Å². The van der Waals surface area contributed by atoms with Gasteiger partial charge in [-0.25, -0.2) is 0 Å². The highest BCUT2D eigenvalue weighted by Gasteiger charge is 2.12. The lowest BCUT2D eigenvalue weighted by Gasteiger charge is -2.26. The maximum absolute atomic E-state index is 11.7. The van der Waals surface area contributed by atoms with Crippen molar-refractivity contribution in [1.29, 1.82) is 0 Å². The molecule has 0 aromatic rings. The van der Waals surface area contributed by atoms with Gasteiger partial charge < -0.3 is 18.9 Å². The lowest BCUT2D eigenvalue weighted by Crippen LogP contribution is -2.38. The van der Waals surface area contributed by atoms with Gasteiger partial charge >= 0.3 is 11.9 Å². The van der Waals surface area contributed by atoms with Gasteiger partial charge in [-0.15, -0.1) is 0 Å². The molecule has 0 atom stereocenters. The first kappa shape index (κ1) is 33.2. The van der Waals surface area contributed by atoms with E-state index in [-0.39, 0.29) is 11.9 Å². The largest absolute Gasteiger partial charge is 0.464 e. The fourth-order valence-corrected chi connectivity index (χ4v) is 3.44. The Balaban J connectivity index is 0.00000242. The van der Waals surface area contributed by atoms with Crippen molar-refractivity contribution in [1.82, 2.24) is 9.80 Å². The zero-order chi connectivity index (χ0) is 24.6. The Hall–Kier alpha value is 0.240. The molecule has 0 spiro atoms. The Bertz CT molecular complexity index is 422. The van der Waals surface area contributed by atoms with E-state index in [2.05, 4.69) is 55.0 Å². The fourth-order valence-electron chi connectivity index (χ4n) is 3.44. The summed E-state index contributed by atoms with van der Waals surface area (Å²) in [4.78, 5) is 31.9. The van der Waals surface area contributed by atoms with Gasteiger partial charge in [0.25, 0.3) is 0 Å². The highest BCUT2D eigenvalue weighted by molar-refractivity contribution is 14.1. The van der Waals surface area contributed by atoms with Crippen molar-refractivity contribution in [3.63, 3.8) is 0 Å². The Morgan fingerprint density at radius 2 is 0.970 bits per heavy atom. The molecule has 0 saturated carbocycles. The molecule has 2 rings (SSSR count). The SMILES string of the molecule is CI.CI.O=C(CCCCCCCC(=O)OCCN1CCOCC1)OCCN1CCOCC1. The molecular formula is C23H44I2N2O6. The van der Waals surface area contributed by atoms with Crippen LogP contribution in [0.2, 0.25) is 0 Å². The Morgan fingerprint density at radius 3 is 1.33 bits per heavy atom. The maximum Gasteiger partial charge on any atom is 0.305 e. The number of rotatable bonds is 14. The number of esters is 2. The highest BCUT2D eigenvalue weighted by atomic mass is 127. The van der Waals surface area contributed by atoms with Crippen LogP contribution in [0.15, 0.2) is 0 Å².